The van der Waals surface area contributed by atoms with E-state index >= 15 is 0 Å². The van der Waals surface area contributed by atoms with Crippen LogP contribution in [0.3, 0.4) is 0 Å². The maximum absolute atomic E-state index is 4.51. The lowest BCUT2D eigenvalue weighted by molar-refractivity contribution is 0.218. The van der Waals surface area contributed by atoms with Gasteiger partial charge in [0.1, 0.15) is 0 Å². The fourth-order valence-corrected chi connectivity index (χ4v) is 3.79. The monoisotopic (exact) mass is 240 g/mol. The Morgan fingerprint density at radius 2 is 1.88 bits per heavy atom. The van der Waals surface area contributed by atoms with Gasteiger partial charge >= 0.3 is 0 Å². The first kappa shape index (κ1) is 11.4. The van der Waals surface area contributed by atoms with Crippen molar-refractivity contribution in [1.29, 1.82) is 0 Å². The summed E-state index contributed by atoms with van der Waals surface area (Å²) in [5.41, 5.74) is 0.614. The molecule has 1 saturated carbocycles. The molecular formula is C13H24N2S. The molecule has 0 aromatic carbocycles. The van der Waals surface area contributed by atoms with Crippen LogP contribution in [0, 0.1) is 5.41 Å². The highest BCUT2D eigenvalue weighted by atomic mass is 32.1. The number of hydrogen-bond acceptors (Lipinski definition) is 3. The maximum Gasteiger partial charge on any atom is 0.0235 e. The van der Waals surface area contributed by atoms with Gasteiger partial charge in [-0.15, -0.1) is 0 Å². The van der Waals surface area contributed by atoms with Crippen molar-refractivity contribution in [3.05, 3.63) is 0 Å². The molecule has 0 radical (unpaired) electrons. The normalized spacial score (nSPS) is 34.7. The molecule has 0 N–H and O–H groups in total. The topological polar surface area (TPSA) is 6.48 Å². The Morgan fingerprint density at radius 1 is 1.12 bits per heavy atom. The van der Waals surface area contributed by atoms with Crippen molar-refractivity contribution in [2.45, 2.75) is 38.1 Å². The second-order valence-corrected chi connectivity index (χ2v) is 6.40. The van der Waals surface area contributed by atoms with Crippen LogP contribution in [-0.2, 0) is 0 Å². The van der Waals surface area contributed by atoms with Gasteiger partial charge in [-0.05, 0) is 62.9 Å². The summed E-state index contributed by atoms with van der Waals surface area (Å²) < 4.78 is 0. The second kappa shape index (κ2) is 4.51. The van der Waals surface area contributed by atoms with Crippen molar-refractivity contribution in [3.8, 4) is 0 Å². The predicted octanol–water partition coefficient (Wildman–Crippen LogP) is 1.87. The van der Waals surface area contributed by atoms with Crippen molar-refractivity contribution in [3.63, 3.8) is 0 Å². The maximum atomic E-state index is 4.51. The highest BCUT2D eigenvalue weighted by molar-refractivity contribution is 7.80. The van der Waals surface area contributed by atoms with E-state index in [2.05, 4.69) is 22.4 Å². The third kappa shape index (κ3) is 2.27. The minimum Gasteiger partial charge on any atom is -0.301 e. The van der Waals surface area contributed by atoms with Crippen molar-refractivity contribution < 1.29 is 0 Å². The molecule has 0 bridgehead atoms. The van der Waals surface area contributed by atoms with Gasteiger partial charge in [0.05, 0.1) is 0 Å². The number of nitrogens with zero attached hydrogens (tertiary/aromatic N) is 2. The van der Waals surface area contributed by atoms with Gasteiger partial charge in [0.25, 0.3) is 0 Å². The highest BCUT2D eigenvalue weighted by Gasteiger charge is 2.43. The molecule has 2 aliphatic heterocycles. The zero-order valence-corrected chi connectivity index (χ0v) is 11.1. The molecule has 3 rings (SSSR count). The number of hydrogen-bond donors (Lipinski definition) is 1. The number of rotatable bonds is 4. The van der Waals surface area contributed by atoms with E-state index in [1.54, 1.807) is 0 Å². The fourth-order valence-electron chi connectivity index (χ4n) is 3.38. The predicted molar refractivity (Wildman–Crippen MR) is 71.2 cm³/mol. The Hall–Kier alpha value is 0.270. The van der Waals surface area contributed by atoms with E-state index in [1.165, 1.54) is 64.8 Å². The van der Waals surface area contributed by atoms with Crippen molar-refractivity contribution >= 4 is 12.6 Å². The van der Waals surface area contributed by atoms with Gasteiger partial charge in [-0.25, -0.2) is 0 Å². The first-order valence-corrected chi connectivity index (χ1v) is 7.52. The third-order valence-electron chi connectivity index (χ3n) is 4.76. The lowest BCUT2D eigenvalue weighted by atomic mass is 10.1. The molecule has 2 nitrogen and oxygen atoms in total. The minimum atomic E-state index is 0.614. The van der Waals surface area contributed by atoms with E-state index in [-0.39, 0.29) is 0 Å². The summed E-state index contributed by atoms with van der Waals surface area (Å²) in [6, 6.07) is 0.873. The zero-order chi connectivity index (χ0) is 11.0. The van der Waals surface area contributed by atoms with Crippen LogP contribution in [0.1, 0.15) is 32.1 Å². The zero-order valence-electron chi connectivity index (χ0n) is 10.2. The molecule has 3 fully saturated rings. The summed E-state index contributed by atoms with van der Waals surface area (Å²) in [5, 5.41) is 0. The van der Waals surface area contributed by atoms with E-state index in [1.807, 2.05) is 0 Å². The summed E-state index contributed by atoms with van der Waals surface area (Å²) in [7, 11) is 0. The number of likely N-dealkylation sites (tertiary alicyclic amines) is 2. The summed E-state index contributed by atoms with van der Waals surface area (Å²) in [4.78, 5) is 5.42. The van der Waals surface area contributed by atoms with Crippen LogP contribution < -0.4 is 0 Å². The average Bonchev–Trinajstić information content (AvgIpc) is 2.72. The Balaban J connectivity index is 1.49. The van der Waals surface area contributed by atoms with E-state index in [0.717, 1.165) is 11.8 Å². The van der Waals surface area contributed by atoms with Gasteiger partial charge in [0, 0.05) is 19.1 Å². The first-order chi connectivity index (χ1) is 7.81. The Kier molecular flexibility index (Phi) is 3.20. The quantitative estimate of drug-likeness (QED) is 0.750. The smallest absolute Gasteiger partial charge is 0.0235 e. The van der Waals surface area contributed by atoms with E-state index in [9.17, 15) is 0 Å². The molecule has 1 aliphatic carbocycles. The van der Waals surface area contributed by atoms with E-state index < -0.39 is 0 Å². The Bertz CT molecular complexity index is 246. The van der Waals surface area contributed by atoms with Gasteiger partial charge in [0.15, 0.2) is 0 Å². The summed E-state index contributed by atoms with van der Waals surface area (Å²) in [6.45, 7) is 6.69. The molecule has 1 unspecified atom stereocenters. The molecule has 0 aromatic rings. The van der Waals surface area contributed by atoms with Crippen LogP contribution in [0.15, 0.2) is 0 Å². The molecule has 3 heteroatoms. The van der Waals surface area contributed by atoms with Crippen LogP contribution in [0.5, 0.6) is 0 Å². The van der Waals surface area contributed by atoms with E-state index in [4.69, 9.17) is 0 Å². The summed E-state index contributed by atoms with van der Waals surface area (Å²) in [6.07, 6.45) is 7.10. The molecule has 16 heavy (non-hydrogen) atoms. The molecular weight excluding hydrogens is 216 g/mol. The molecule has 92 valence electrons. The molecule has 0 amide bonds. The average molecular weight is 240 g/mol. The molecule has 2 saturated heterocycles. The lowest BCUT2D eigenvalue weighted by Gasteiger charge is -2.25. The summed E-state index contributed by atoms with van der Waals surface area (Å²) >= 11 is 4.51. The molecule has 0 aromatic heterocycles. The molecule has 2 heterocycles. The Morgan fingerprint density at radius 3 is 2.50 bits per heavy atom. The van der Waals surface area contributed by atoms with Gasteiger partial charge in [-0.1, -0.05) is 0 Å². The SMILES string of the molecule is SCC1(CN2CCC(N3CCCC3)C2)CC1. The van der Waals surface area contributed by atoms with E-state index in [0.29, 0.717) is 5.41 Å². The highest BCUT2D eigenvalue weighted by Crippen LogP contribution is 2.47. The van der Waals surface area contributed by atoms with Crippen LogP contribution in [0.4, 0.5) is 0 Å². The standard InChI is InChI=1S/C13H24N2S/c16-11-13(4-5-13)10-14-8-3-12(9-14)15-6-1-2-7-15/h12,16H,1-11H2. The first-order valence-electron chi connectivity index (χ1n) is 6.89. The van der Waals surface area contributed by atoms with Crippen molar-refractivity contribution in [2.75, 3.05) is 38.5 Å². The second-order valence-electron chi connectivity index (χ2n) is 6.08. The van der Waals surface area contributed by atoms with Gasteiger partial charge < -0.3 is 4.90 Å². The van der Waals surface area contributed by atoms with Crippen LogP contribution >= 0.6 is 12.6 Å². The molecule has 0 spiro atoms. The fraction of sp³-hybridized carbons (Fsp3) is 1.00. The molecule has 1 atom stereocenters. The van der Waals surface area contributed by atoms with Gasteiger partial charge in [-0.3, -0.25) is 4.90 Å². The van der Waals surface area contributed by atoms with Gasteiger partial charge in [-0.2, -0.15) is 12.6 Å². The lowest BCUT2D eigenvalue weighted by Crippen LogP contribution is -2.37. The van der Waals surface area contributed by atoms with Crippen LogP contribution in [0.25, 0.3) is 0 Å². The molecule has 3 aliphatic rings. The van der Waals surface area contributed by atoms with Gasteiger partial charge in [0.2, 0.25) is 0 Å². The minimum absolute atomic E-state index is 0.614. The Labute approximate surface area is 105 Å². The largest absolute Gasteiger partial charge is 0.301 e. The third-order valence-corrected chi connectivity index (χ3v) is 5.43. The van der Waals surface area contributed by atoms with Crippen molar-refractivity contribution in [2.24, 2.45) is 5.41 Å². The van der Waals surface area contributed by atoms with Crippen LogP contribution in [-0.4, -0.2) is 54.3 Å². The number of thiol groups is 1. The van der Waals surface area contributed by atoms with Crippen LogP contribution in [0.2, 0.25) is 0 Å². The summed E-state index contributed by atoms with van der Waals surface area (Å²) in [5.74, 6) is 1.10. The van der Waals surface area contributed by atoms with Crippen molar-refractivity contribution in [1.82, 2.24) is 9.80 Å².